The maximum absolute atomic E-state index is 12.7. The highest BCUT2D eigenvalue weighted by atomic mass is 35.5. The van der Waals surface area contributed by atoms with E-state index in [1.807, 2.05) is 0 Å². The summed E-state index contributed by atoms with van der Waals surface area (Å²) < 4.78 is 47.9. The van der Waals surface area contributed by atoms with Crippen molar-refractivity contribution in [3.8, 4) is 0 Å². The SMILES string of the molecule is O=C(OCC(=O)N1CCN(c2ncc(C(F)(F)F)cc2Cl)CC1)c1ccco1. The van der Waals surface area contributed by atoms with Crippen molar-refractivity contribution in [3.63, 3.8) is 0 Å². The van der Waals surface area contributed by atoms with E-state index >= 15 is 0 Å². The largest absolute Gasteiger partial charge is 0.457 e. The predicted molar refractivity (Wildman–Crippen MR) is 92.0 cm³/mol. The van der Waals surface area contributed by atoms with Gasteiger partial charge in [-0.25, -0.2) is 9.78 Å². The number of amides is 1. The highest BCUT2D eigenvalue weighted by molar-refractivity contribution is 6.33. The lowest BCUT2D eigenvalue weighted by atomic mass is 10.2. The minimum absolute atomic E-state index is 0.000592. The number of carbonyl (C=O) groups excluding carboxylic acids is 2. The first-order valence-corrected chi connectivity index (χ1v) is 8.59. The summed E-state index contributed by atoms with van der Waals surface area (Å²) in [5.74, 6) is -0.893. The summed E-state index contributed by atoms with van der Waals surface area (Å²) in [6, 6.07) is 3.78. The molecule has 0 unspecified atom stereocenters. The summed E-state index contributed by atoms with van der Waals surface area (Å²) in [6.07, 6.45) is -2.47. The molecule has 3 heterocycles. The van der Waals surface area contributed by atoms with Crippen molar-refractivity contribution in [1.29, 1.82) is 0 Å². The van der Waals surface area contributed by atoms with E-state index in [-0.39, 0.29) is 35.6 Å². The fourth-order valence-corrected chi connectivity index (χ4v) is 2.96. The topological polar surface area (TPSA) is 75.9 Å². The average Bonchev–Trinajstić information content (AvgIpc) is 3.20. The molecule has 1 aliphatic heterocycles. The van der Waals surface area contributed by atoms with E-state index in [0.717, 1.165) is 12.3 Å². The van der Waals surface area contributed by atoms with Gasteiger partial charge in [0.2, 0.25) is 5.76 Å². The van der Waals surface area contributed by atoms with Crippen LogP contribution < -0.4 is 4.90 Å². The van der Waals surface area contributed by atoms with E-state index in [2.05, 4.69) is 4.98 Å². The zero-order valence-electron chi connectivity index (χ0n) is 14.4. The molecule has 0 bridgehead atoms. The van der Waals surface area contributed by atoms with Crippen molar-refractivity contribution in [2.45, 2.75) is 6.18 Å². The number of ether oxygens (including phenoxy) is 1. The Morgan fingerprint density at radius 2 is 1.96 bits per heavy atom. The smallest absolute Gasteiger partial charge is 0.417 e. The first-order chi connectivity index (χ1) is 13.3. The van der Waals surface area contributed by atoms with E-state index in [9.17, 15) is 22.8 Å². The number of hydrogen-bond donors (Lipinski definition) is 0. The molecule has 0 spiro atoms. The molecule has 2 aromatic heterocycles. The Morgan fingerprint density at radius 3 is 2.54 bits per heavy atom. The van der Waals surface area contributed by atoms with Crippen LogP contribution in [0.5, 0.6) is 0 Å². The van der Waals surface area contributed by atoms with Gasteiger partial charge in [-0.1, -0.05) is 11.6 Å². The van der Waals surface area contributed by atoms with Crippen LogP contribution in [0.2, 0.25) is 5.02 Å². The molecule has 1 amide bonds. The maximum atomic E-state index is 12.7. The number of nitrogens with zero attached hydrogens (tertiary/aromatic N) is 3. The van der Waals surface area contributed by atoms with Crippen LogP contribution in [0, 0.1) is 0 Å². The average molecular weight is 418 g/mol. The fourth-order valence-electron chi connectivity index (χ4n) is 2.67. The van der Waals surface area contributed by atoms with Gasteiger partial charge >= 0.3 is 12.1 Å². The fraction of sp³-hybridized carbons (Fsp3) is 0.353. The maximum Gasteiger partial charge on any atom is 0.417 e. The number of alkyl halides is 3. The van der Waals surface area contributed by atoms with Crippen molar-refractivity contribution < 1.29 is 31.9 Å². The standard InChI is InChI=1S/C17H15ClF3N3O4/c18-12-8-11(17(19,20)21)9-22-15(12)24-5-3-23(4-6-24)14(25)10-28-16(26)13-2-1-7-27-13/h1-2,7-9H,3-6,10H2. The number of carbonyl (C=O) groups is 2. The normalized spacial score (nSPS) is 14.9. The lowest BCUT2D eigenvalue weighted by Gasteiger charge is -2.35. The number of halogens is 4. The van der Waals surface area contributed by atoms with Gasteiger partial charge in [0, 0.05) is 32.4 Å². The van der Waals surface area contributed by atoms with E-state index in [1.165, 1.54) is 23.3 Å². The molecular formula is C17H15ClF3N3O4. The van der Waals surface area contributed by atoms with E-state index in [1.54, 1.807) is 4.90 Å². The van der Waals surface area contributed by atoms with E-state index in [0.29, 0.717) is 13.1 Å². The molecule has 0 aromatic carbocycles. The van der Waals surface area contributed by atoms with E-state index in [4.69, 9.17) is 20.8 Å². The van der Waals surface area contributed by atoms with Gasteiger partial charge in [0.25, 0.3) is 5.91 Å². The number of aromatic nitrogens is 1. The van der Waals surface area contributed by atoms with Crippen molar-refractivity contribution in [3.05, 3.63) is 47.0 Å². The minimum Gasteiger partial charge on any atom is -0.457 e. The zero-order chi connectivity index (χ0) is 20.3. The number of pyridine rings is 1. The Morgan fingerprint density at radius 1 is 1.25 bits per heavy atom. The van der Waals surface area contributed by atoms with Gasteiger partial charge in [-0.3, -0.25) is 4.79 Å². The number of anilines is 1. The van der Waals surface area contributed by atoms with Crippen LogP contribution in [0.25, 0.3) is 0 Å². The quantitative estimate of drug-likeness (QED) is 0.712. The molecule has 1 fully saturated rings. The minimum atomic E-state index is -4.52. The van der Waals surface area contributed by atoms with E-state index < -0.39 is 24.3 Å². The zero-order valence-corrected chi connectivity index (χ0v) is 15.2. The highest BCUT2D eigenvalue weighted by Crippen LogP contribution is 2.33. The van der Waals surface area contributed by atoms with Crippen LogP contribution in [-0.2, 0) is 15.7 Å². The van der Waals surface area contributed by atoms with Crippen LogP contribution in [0.3, 0.4) is 0 Å². The molecule has 150 valence electrons. The summed E-state index contributed by atoms with van der Waals surface area (Å²) in [6.45, 7) is 0.803. The second kappa shape index (κ2) is 8.09. The van der Waals surface area contributed by atoms with Crippen molar-refractivity contribution in [2.75, 3.05) is 37.7 Å². The van der Waals surface area contributed by atoms with Gasteiger partial charge in [0.15, 0.2) is 6.61 Å². The van der Waals surface area contributed by atoms with Crippen LogP contribution in [-0.4, -0.2) is 54.5 Å². The van der Waals surface area contributed by atoms with Gasteiger partial charge in [0.05, 0.1) is 16.8 Å². The number of esters is 1. The summed E-state index contributed by atoms with van der Waals surface area (Å²) in [5.41, 5.74) is -0.923. The van der Waals surface area contributed by atoms with Crippen molar-refractivity contribution in [1.82, 2.24) is 9.88 Å². The first kappa shape index (κ1) is 20.0. The van der Waals surface area contributed by atoms with Crippen LogP contribution in [0.4, 0.5) is 19.0 Å². The third-order valence-corrected chi connectivity index (χ3v) is 4.41. The molecule has 7 nitrogen and oxygen atoms in total. The Bertz CT molecular complexity index is 850. The molecule has 0 radical (unpaired) electrons. The summed E-state index contributed by atoms with van der Waals surface area (Å²) in [5, 5.41) is -0.109. The van der Waals surface area contributed by atoms with Gasteiger partial charge in [-0.05, 0) is 18.2 Å². The van der Waals surface area contributed by atoms with Crippen LogP contribution in [0.15, 0.2) is 35.1 Å². The lowest BCUT2D eigenvalue weighted by molar-refractivity contribution is -0.138. The lowest BCUT2D eigenvalue weighted by Crippen LogP contribution is -2.50. The third-order valence-electron chi connectivity index (χ3n) is 4.13. The van der Waals surface area contributed by atoms with Gasteiger partial charge in [-0.2, -0.15) is 13.2 Å². The molecule has 3 rings (SSSR count). The molecule has 28 heavy (non-hydrogen) atoms. The van der Waals surface area contributed by atoms with Crippen molar-refractivity contribution in [2.24, 2.45) is 0 Å². The molecule has 1 saturated heterocycles. The highest BCUT2D eigenvalue weighted by Gasteiger charge is 2.32. The third kappa shape index (κ3) is 4.56. The Balaban J connectivity index is 1.53. The predicted octanol–water partition coefficient (Wildman–Crippen LogP) is 2.85. The molecule has 0 N–H and O–H groups in total. The Kier molecular flexibility index (Phi) is 5.78. The second-order valence-electron chi connectivity index (χ2n) is 5.95. The Hall–Kier alpha value is -2.75. The van der Waals surface area contributed by atoms with Crippen molar-refractivity contribution >= 4 is 29.3 Å². The Labute approximate surface area is 162 Å². The molecular weight excluding hydrogens is 403 g/mol. The van der Waals surface area contributed by atoms with Gasteiger partial charge in [0.1, 0.15) is 5.82 Å². The summed E-state index contributed by atoms with van der Waals surface area (Å²) in [4.78, 5) is 30.8. The second-order valence-corrected chi connectivity index (χ2v) is 6.36. The number of hydrogen-bond acceptors (Lipinski definition) is 6. The summed E-state index contributed by atoms with van der Waals surface area (Å²) >= 11 is 5.95. The molecule has 0 saturated carbocycles. The summed E-state index contributed by atoms with van der Waals surface area (Å²) in [7, 11) is 0. The number of rotatable bonds is 4. The molecule has 2 aromatic rings. The first-order valence-electron chi connectivity index (χ1n) is 8.22. The van der Waals surface area contributed by atoms with Crippen LogP contribution in [0.1, 0.15) is 16.1 Å². The number of piperazine rings is 1. The molecule has 1 aliphatic rings. The molecule has 0 aliphatic carbocycles. The van der Waals surface area contributed by atoms with Crippen LogP contribution >= 0.6 is 11.6 Å². The monoisotopic (exact) mass is 417 g/mol. The number of furan rings is 1. The molecule has 0 atom stereocenters. The van der Waals surface area contributed by atoms with Gasteiger partial charge in [-0.15, -0.1) is 0 Å². The molecule has 11 heteroatoms. The van der Waals surface area contributed by atoms with Gasteiger partial charge < -0.3 is 19.0 Å².